The van der Waals surface area contributed by atoms with Crippen LogP contribution in [0.5, 0.6) is 0 Å². The molecule has 82 valence electrons. The molecule has 1 atom stereocenters. The molecule has 3 rings (SSSR count). The third-order valence-corrected chi connectivity index (χ3v) is 2.95. The van der Waals surface area contributed by atoms with Gasteiger partial charge in [0, 0.05) is 6.94 Å². The summed E-state index contributed by atoms with van der Waals surface area (Å²) >= 11 is 0. The first kappa shape index (κ1) is 8.94. The summed E-state index contributed by atoms with van der Waals surface area (Å²) in [6.45, 7) is 0. The third-order valence-electron chi connectivity index (χ3n) is 2.95. The second kappa shape index (κ2) is 4.02. The standard InChI is InChI=1S/C16H12O/c17-16-8-4-3-7-15(16)14-10-9-12-5-1-2-6-13(12)11-14/h1-10H,11H2/b15-14-/i11D. The molecule has 0 fully saturated rings. The fourth-order valence-corrected chi connectivity index (χ4v) is 2.06. The Morgan fingerprint density at radius 2 is 1.82 bits per heavy atom. The molecule has 0 N–H and O–H groups in total. The Hall–Kier alpha value is -2.15. The highest BCUT2D eigenvalue weighted by molar-refractivity contribution is 6.08. The van der Waals surface area contributed by atoms with Crippen molar-refractivity contribution in [3.63, 3.8) is 0 Å². The monoisotopic (exact) mass is 221 g/mol. The summed E-state index contributed by atoms with van der Waals surface area (Å²) in [5.41, 5.74) is 3.42. The minimum absolute atomic E-state index is 0.0196. The van der Waals surface area contributed by atoms with E-state index in [1.807, 2.05) is 42.5 Å². The molecule has 0 heterocycles. The van der Waals surface area contributed by atoms with Gasteiger partial charge in [0.05, 0.1) is 0 Å². The van der Waals surface area contributed by atoms with Crippen molar-refractivity contribution < 1.29 is 6.17 Å². The fourth-order valence-electron chi connectivity index (χ4n) is 2.06. The largest absolute Gasteiger partial charge is 0.289 e. The number of carbonyl (C=O) groups is 1. The average Bonchev–Trinajstić information content (AvgIpc) is 2.41. The van der Waals surface area contributed by atoms with Crippen LogP contribution in [0.2, 0.25) is 0 Å². The van der Waals surface area contributed by atoms with Gasteiger partial charge in [-0.15, -0.1) is 0 Å². The van der Waals surface area contributed by atoms with Crippen molar-refractivity contribution in [3.8, 4) is 0 Å². The maximum atomic E-state index is 11.8. The number of carbonyl (C=O) groups excluding carboxylic acids is 1. The van der Waals surface area contributed by atoms with E-state index in [0.717, 1.165) is 16.7 Å². The molecular weight excluding hydrogens is 208 g/mol. The van der Waals surface area contributed by atoms with Crippen molar-refractivity contribution in [1.29, 1.82) is 0 Å². The molecule has 2 aliphatic rings. The minimum Gasteiger partial charge on any atom is -0.289 e. The van der Waals surface area contributed by atoms with E-state index in [9.17, 15) is 4.79 Å². The van der Waals surface area contributed by atoms with Crippen molar-refractivity contribution in [2.75, 3.05) is 0 Å². The Morgan fingerprint density at radius 3 is 2.71 bits per heavy atom. The van der Waals surface area contributed by atoms with Crippen LogP contribution in [0.4, 0.5) is 0 Å². The second-order valence-electron chi connectivity index (χ2n) is 4.06. The predicted octanol–water partition coefficient (Wildman–Crippen LogP) is 3.25. The van der Waals surface area contributed by atoms with E-state index in [-0.39, 0.29) is 5.78 Å². The van der Waals surface area contributed by atoms with Crippen molar-refractivity contribution >= 4 is 11.9 Å². The number of hydrogen-bond acceptors (Lipinski definition) is 1. The molecule has 0 saturated heterocycles. The molecule has 17 heavy (non-hydrogen) atoms. The highest BCUT2D eigenvalue weighted by Crippen LogP contribution is 2.26. The lowest BCUT2D eigenvalue weighted by atomic mass is 9.89. The smallest absolute Gasteiger partial charge is 0.186 e. The number of rotatable bonds is 0. The molecular formula is C16H12O. The Kier molecular flexibility index (Phi) is 2.11. The van der Waals surface area contributed by atoms with Gasteiger partial charge in [-0.25, -0.2) is 0 Å². The van der Waals surface area contributed by atoms with Crippen molar-refractivity contribution in [2.24, 2.45) is 0 Å². The summed E-state index contributed by atoms with van der Waals surface area (Å²) < 4.78 is 8.32. The molecule has 1 aromatic rings. The van der Waals surface area contributed by atoms with Gasteiger partial charge in [0.1, 0.15) is 0 Å². The van der Waals surface area contributed by atoms with E-state index in [1.54, 1.807) is 18.2 Å². The van der Waals surface area contributed by atoms with Crippen LogP contribution in [0, 0.1) is 0 Å². The van der Waals surface area contributed by atoms with Crippen molar-refractivity contribution in [1.82, 2.24) is 0 Å². The fraction of sp³-hybridized carbons (Fsp3) is 0.0625. The molecule has 1 unspecified atom stereocenters. The van der Waals surface area contributed by atoms with Crippen molar-refractivity contribution in [2.45, 2.75) is 6.40 Å². The molecule has 0 saturated carbocycles. The van der Waals surface area contributed by atoms with E-state index in [1.165, 1.54) is 0 Å². The lowest BCUT2D eigenvalue weighted by Crippen LogP contribution is -2.06. The van der Waals surface area contributed by atoms with Gasteiger partial charge in [0.15, 0.2) is 5.78 Å². The third kappa shape index (κ3) is 1.80. The van der Waals surface area contributed by atoms with Gasteiger partial charge < -0.3 is 0 Å². The van der Waals surface area contributed by atoms with Crippen LogP contribution >= 0.6 is 0 Å². The normalized spacial score (nSPS) is 26.9. The summed E-state index contributed by atoms with van der Waals surface area (Å²) in [6.07, 6.45) is 10.3. The van der Waals surface area contributed by atoms with Crippen LogP contribution < -0.4 is 0 Å². The topological polar surface area (TPSA) is 17.1 Å². The summed E-state index contributed by atoms with van der Waals surface area (Å²) in [6, 6.07) is 7.83. The summed E-state index contributed by atoms with van der Waals surface area (Å²) in [4.78, 5) is 11.8. The van der Waals surface area contributed by atoms with Gasteiger partial charge in [-0.05, 0) is 29.2 Å². The first-order valence-electron chi connectivity index (χ1n) is 6.17. The maximum Gasteiger partial charge on any atom is 0.186 e. The Labute approximate surface area is 102 Å². The van der Waals surface area contributed by atoms with E-state index in [0.29, 0.717) is 5.57 Å². The van der Waals surface area contributed by atoms with E-state index < -0.39 is 6.40 Å². The molecule has 0 spiro atoms. The van der Waals surface area contributed by atoms with E-state index in [2.05, 4.69) is 0 Å². The zero-order chi connectivity index (χ0) is 12.5. The van der Waals surface area contributed by atoms with Crippen LogP contribution in [-0.4, -0.2) is 5.78 Å². The maximum absolute atomic E-state index is 11.8. The first-order chi connectivity index (χ1) is 8.77. The molecule has 0 aromatic heterocycles. The zero-order valence-electron chi connectivity index (χ0n) is 10.3. The summed E-state index contributed by atoms with van der Waals surface area (Å²) in [5, 5.41) is 0. The van der Waals surface area contributed by atoms with E-state index >= 15 is 0 Å². The molecule has 0 radical (unpaired) electrons. The zero-order valence-corrected chi connectivity index (χ0v) is 9.26. The van der Waals surface area contributed by atoms with Gasteiger partial charge in [-0.2, -0.15) is 0 Å². The van der Waals surface area contributed by atoms with Gasteiger partial charge in [0.2, 0.25) is 0 Å². The average molecular weight is 221 g/mol. The second-order valence-corrected chi connectivity index (χ2v) is 4.06. The number of hydrogen-bond donors (Lipinski definition) is 0. The number of benzene rings is 1. The highest BCUT2D eigenvalue weighted by Gasteiger charge is 2.14. The van der Waals surface area contributed by atoms with Gasteiger partial charge in [0.25, 0.3) is 0 Å². The molecule has 1 aromatic carbocycles. The van der Waals surface area contributed by atoms with Gasteiger partial charge >= 0.3 is 0 Å². The van der Waals surface area contributed by atoms with Crippen LogP contribution in [0.15, 0.2) is 65.8 Å². The Balaban J connectivity index is 2.13. The molecule has 1 nitrogen and oxygen atoms in total. The van der Waals surface area contributed by atoms with Crippen LogP contribution in [0.25, 0.3) is 6.08 Å². The van der Waals surface area contributed by atoms with Crippen molar-refractivity contribution in [3.05, 3.63) is 76.9 Å². The minimum atomic E-state index is -0.485. The van der Waals surface area contributed by atoms with Gasteiger partial charge in [-0.1, -0.05) is 54.6 Å². The summed E-state index contributed by atoms with van der Waals surface area (Å²) in [7, 11) is 0. The molecule has 0 aliphatic heterocycles. The van der Waals surface area contributed by atoms with Crippen LogP contribution in [-0.2, 0) is 11.2 Å². The Bertz CT molecular complexity index is 632. The van der Waals surface area contributed by atoms with E-state index in [4.69, 9.17) is 1.37 Å². The SMILES string of the molecule is [2H]C1/C(=C2/C=CC=CC2=O)C=Cc2ccccc21. The highest BCUT2D eigenvalue weighted by atomic mass is 16.1. The lowest BCUT2D eigenvalue weighted by molar-refractivity contribution is -0.111. The first-order valence-corrected chi connectivity index (χ1v) is 5.60. The predicted molar refractivity (Wildman–Crippen MR) is 69.5 cm³/mol. The summed E-state index contributed by atoms with van der Waals surface area (Å²) in [5.74, 6) is -0.0196. The Morgan fingerprint density at radius 1 is 1.00 bits per heavy atom. The number of allylic oxidation sites excluding steroid dienone is 7. The number of fused-ring (bicyclic) bond motifs is 1. The molecule has 2 aliphatic carbocycles. The quantitative estimate of drug-likeness (QED) is 0.615. The number of ketones is 1. The lowest BCUT2D eigenvalue weighted by Gasteiger charge is -2.15. The van der Waals surface area contributed by atoms with Crippen LogP contribution in [0.3, 0.4) is 0 Å². The molecule has 0 amide bonds. The molecule has 0 bridgehead atoms. The van der Waals surface area contributed by atoms with Gasteiger partial charge in [-0.3, -0.25) is 4.79 Å². The van der Waals surface area contributed by atoms with Crippen LogP contribution in [0.1, 0.15) is 12.5 Å². The molecule has 1 heteroatoms.